The van der Waals surface area contributed by atoms with Crippen LogP contribution in [0.2, 0.25) is 0 Å². The lowest BCUT2D eigenvalue weighted by atomic mass is 10.0. The highest BCUT2D eigenvalue weighted by atomic mass is 19.4. The van der Waals surface area contributed by atoms with E-state index in [4.69, 9.17) is 0 Å². The van der Waals surface area contributed by atoms with E-state index in [1.807, 2.05) is 5.32 Å². The minimum atomic E-state index is -5.79. The molecule has 1 aromatic carbocycles. The summed E-state index contributed by atoms with van der Waals surface area (Å²) >= 11 is 0. The molecule has 0 aliphatic heterocycles. The quantitative estimate of drug-likeness (QED) is 0.761. The Labute approximate surface area is 154 Å². The first-order valence-electron chi connectivity index (χ1n) is 7.77. The van der Waals surface area contributed by atoms with Crippen LogP contribution < -0.4 is 16.2 Å². The number of halogens is 6. The van der Waals surface area contributed by atoms with E-state index in [1.165, 1.54) is 14.0 Å². The minimum Gasteiger partial charge on any atom is -0.316 e. The van der Waals surface area contributed by atoms with Crippen molar-refractivity contribution in [2.45, 2.75) is 31.7 Å². The first-order chi connectivity index (χ1) is 12.7. The van der Waals surface area contributed by atoms with Gasteiger partial charge in [-0.05, 0) is 26.0 Å². The number of hydrogen-bond donors (Lipinski definition) is 2. The predicted molar refractivity (Wildman–Crippen MR) is 88.4 cm³/mol. The molecular formula is C16H16F6N4O2. The van der Waals surface area contributed by atoms with E-state index >= 15 is 0 Å². The van der Waals surface area contributed by atoms with Gasteiger partial charge in [-0.2, -0.15) is 26.3 Å². The number of amides is 2. The third-order valence-electron chi connectivity index (χ3n) is 4.22. The third-order valence-corrected chi connectivity index (χ3v) is 4.22. The Morgan fingerprint density at radius 2 is 1.50 bits per heavy atom. The number of carbonyl (C=O) groups is 1. The average molecular weight is 410 g/mol. The van der Waals surface area contributed by atoms with Crippen LogP contribution in [0.1, 0.15) is 12.5 Å². The molecule has 2 amide bonds. The number of carbonyl (C=O) groups excluding carboxylic acids is 1. The standard InChI is InChI=1S/C16H16F6N4O2/c1-9-11(25(3)26(12(9)27)10-7-5-4-6-8-10)23-13(28)24-14(2,15(17,18)19)16(20,21)22/h4-8H,1-3H3,(H2,23,24,28). The number of aromatic nitrogens is 2. The number of nitrogens with zero attached hydrogens (tertiary/aromatic N) is 2. The molecular weight excluding hydrogens is 394 g/mol. The molecule has 0 fully saturated rings. The molecule has 1 aromatic heterocycles. The highest BCUT2D eigenvalue weighted by molar-refractivity contribution is 5.89. The van der Waals surface area contributed by atoms with E-state index in [9.17, 15) is 35.9 Å². The van der Waals surface area contributed by atoms with E-state index in [0.29, 0.717) is 5.69 Å². The van der Waals surface area contributed by atoms with Crippen LogP contribution in [0.15, 0.2) is 35.1 Å². The summed E-state index contributed by atoms with van der Waals surface area (Å²) < 4.78 is 79.8. The summed E-state index contributed by atoms with van der Waals surface area (Å²) in [6.45, 7) is 1.09. The zero-order chi connectivity index (χ0) is 21.5. The lowest BCUT2D eigenvalue weighted by molar-refractivity contribution is -0.297. The summed E-state index contributed by atoms with van der Waals surface area (Å²) in [5.41, 5.74) is -4.75. The fourth-order valence-electron chi connectivity index (χ4n) is 2.44. The molecule has 6 nitrogen and oxygen atoms in total. The summed E-state index contributed by atoms with van der Waals surface area (Å²) in [6.07, 6.45) is -11.6. The summed E-state index contributed by atoms with van der Waals surface area (Å²) in [7, 11) is 1.32. The molecule has 0 radical (unpaired) electrons. The second-order valence-corrected chi connectivity index (χ2v) is 6.15. The lowest BCUT2D eigenvalue weighted by Crippen LogP contribution is -2.66. The van der Waals surface area contributed by atoms with Crippen molar-refractivity contribution >= 4 is 11.8 Å². The molecule has 1 heterocycles. The van der Waals surface area contributed by atoms with Gasteiger partial charge in [0.25, 0.3) is 5.56 Å². The normalized spacial score (nSPS) is 12.8. The molecule has 28 heavy (non-hydrogen) atoms. The van der Waals surface area contributed by atoms with E-state index in [0.717, 1.165) is 14.7 Å². The zero-order valence-electron chi connectivity index (χ0n) is 14.9. The number of benzene rings is 1. The van der Waals surface area contributed by atoms with Crippen LogP contribution in [0.4, 0.5) is 37.0 Å². The summed E-state index contributed by atoms with van der Waals surface area (Å²) in [5, 5.41) is 2.82. The highest BCUT2D eigenvalue weighted by Gasteiger charge is 2.68. The maximum absolute atomic E-state index is 12.9. The molecule has 2 N–H and O–H groups in total. The topological polar surface area (TPSA) is 68.1 Å². The van der Waals surface area contributed by atoms with Gasteiger partial charge in [0.1, 0.15) is 5.82 Å². The van der Waals surface area contributed by atoms with Gasteiger partial charge in [-0.1, -0.05) is 18.2 Å². The van der Waals surface area contributed by atoms with Crippen molar-refractivity contribution < 1.29 is 31.1 Å². The van der Waals surface area contributed by atoms with E-state index in [2.05, 4.69) is 0 Å². The van der Waals surface area contributed by atoms with Crippen LogP contribution in [-0.4, -0.2) is 33.3 Å². The second kappa shape index (κ2) is 6.91. The Hall–Kier alpha value is -2.92. The van der Waals surface area contributed by atoms with E-state index in [1.54, 1.807) is 30.3 Å². The van der Waals surface area contributed by atoms with Crippen molar-refractivity contribution in [2.75, 3.05) is 5.32 Å². The Balaban J connectivity index is 2.39. The van der Waals surface area contributed by atoms with Crippen LogP contribution >= 0.6 is 0 Å². The second-order valence-electron chi connectivity index (χ2n) is 6.15. The molecule has 0 atom stereocenters. The SMILES string of the molecule is Cc1c(NC(=O)NC(C)(C(F)(F)F)C(F)(F)F)n(C)n(-c2ccccc2)c1=O. The van der Waals surface area contributed by atoms with Crippen molar-refractivity contribution in [3.05, 3.63) is 46.2 Å². The number of alkyl halides is 6. The van der Waals surface area contributed by atoms with Crippen LogP contribution in [0.3, 0.4) is 0 Å². The van der Waals surface area contributed by atoms with Crippen LogP contribution in [-0.2, 0) is 7.05 Å². The fourth-order valence-corrected chi connectivity index (χ4v) is 2.44. The molecule has 0 aliphatic carbocycles. The van der Waals surface area contributed by atoms with Gasteiger partial charge in [-0.25, -0.2) is 9.48 Å². The van der Waals surface area contributed by atoms with Crippen molar-refractivity contribution in [1.29, 1.82) is 0 Å². The van der Waals surface area contributed by atoms with Crippen molar-refractivity contribution in [2.24, 2.45) is 7.05 Å². The van der Waals surface area contributed by atoms with Crippen molar-refractivity contribution in [3.63, 3.8) is 0 Å². The zero-order valence-corrected chi connectivity index (χ0v) is 14.9. The highest BCUT2D eigenvalue weighted by Crippen LogP contribution is 2.42. The molecule has 0 spiro atoms. The number of rotatable bonds is 3. The number of anilines is 1. The number of urea groups is 1. The Morgan fingerprint density at radius 3 is 1.96 bits per heavy atom. The maximum atomic E-state index is 12.9. The van der Waals surface area contributed by atoms with E-state index in [-0.39, 0.29) is 18.3 Å². The van der Waals surface area contributed by atoms with Crippen LogP contribution in [0, 0.1) is 6.92 Å². The predicted octanol–water partition coefficient (Wildman–Crippen LogP) is 3.49. The minimum absolute atomic E-state index is 0.0674. The molecule has 0 unspecified atom stereocenters. The van der Waals surface area contributed by atoms with Crippen LogP contribution in [0.5, 0.6) is 0 Å². The summed E-state index contributed by atoms with van der Waals surface area (Å²) in [6, 6.07) is 6.31. The average Bonchev–Trinajstić information content (AvgIpc) is 2.77. The summed E-state index contributed by atoms with van der Waals surface area (Å²) in [5.74, 6) is -0.252. The number of nitrogens with one attached hydrogen (secondary N) is 2. The van der Waals surface area contributed by atoms with E-state index < -0.39 is 29.5 Å². The Morgan fingerprint density at radius 1 is 1.00 bits per heavy atom. The van der Waals surface area contributed by atoms with Gasteiger partial charge in [0.15, 0.2) is 0 Å². The van der Waals surface area contributed by atoms with Crippen molar-refractivity contribution in [1.82, 2.24) is 14.7 Å². The fraction of sp³-hybridized carbons (Fsp3) is 0.375. The molecule has 12 heteroatoms. The van der Waals surface area contributed by atoms with Gasteiger partial charge in [-0.15, -0.1) is 0 Å². The number of hydrogen-bond acceptors (Lipinski definition) is 2. The smallest absolute Gasteiger partial charge is 0.316 e. The molecule has 2 rings (SSSR count). The molecule has 2 aromatic rings. The third kappa shape index (κ3) is 3.58. The van der Waals surface area contributed by atoms with Gasteiger partial charge >= 0.3 is 18.4 Å². The molecule has 0 saturated carbocycles. The van der Waals surface area contributed by atoms with Crippen molar-refractivity contribution in [3.8, 4) is 5.69 Å². The molecule has 0 aliphatic rings. The van der Waals surface area contributed by atoms with Crippen LogP contribution in [0.25, 0.3) is 5.69 Å². The maximum Gasteiger partial charge on any atom is 0.420 e. The molecule has 154 valence electrons. The Bertz CT molecular complexity index is 914. The van der Waals surface area contributed by atoms with Gasteiger partial charge in [0.05, 0.1) is 11.3 Å². The largest absolute Gasteiger partial charge is 0.420 e. The summed E-state index contributed by atoms with van der Waals surface area (Å²) in [4.78, 5) is 24.3. The number of para-hydroxylation sites is 1. The Kier molecular flexibility index (Phi) is 5.28. The molecule has 0 bridgehead atoms. The lowest BCUT2D eigenvalue weighted by Gasteiger charge is -2.34. The molecule has 0 saturated heterocycles. The van der Waals surface area contributed by atoms with Gasteiger partial charge in [0.2, 0.25) is 5.54 Å². The monoisotopic (exact) mass is 410 g/mol. The first kappa shape index (κ1) is 21.4. The first-order valence-corrected chi connectivity index (χ1v) is 7.77. The van der Waals surface area contributed by atoms with Gasteiger partial charge in [0, 0.05) is 7.05 Å². The van der Waals surface area contributed by atoms with Gasteiger partial charge < -0.3 is 5.32 Å². The van der Waals surface area contributed by atoms with Gasteiger partial charge in [-0.3, -0.25) is 14.8 Å².